The summed E-state index contributed by atoms with van der Waals surface area (Å²) in [5.41, 5.74) is 1.21. The zero-order valence-electron chi connectivity index (χ0n) is 12.2. The van der Waals surface area contributed by atoms with Crippen LogP contribution in [0.2, 0.25) is 0 Å². The Labute approximate surface area is 120 Å². The summed E-state index contributed by atoms with van der Waals surface area (Å²) in [6.07, 6.45) is 1.04. The third-order valence-corrected chi connectivity index (χ3v) is 3.97. The van der Waals surface area contributed by atoms with Crippen LogP contribution in [0.25, 0.3) is 0 Å². The molecule has 0 spiro atoms. The molecule has 20 heavy (non-hydrogen) atoms. The lowest BCUT2D eigenvalue weighted by molar-refractivity contribution is -0.118. The first-order valence-electron chi connectivity index (χ1n) is 7.00. The van der Waals surface area contributed by atoms with E-state index in [2.05, 4.69) is 23.6 Å². The zero-order chi connectivity index (χ0) is 14.8. The van der Waals surface area contributed by atoms with Gasteiger partial charge in [0.15, 0.2) is 0 Å². The van der Waals surface area contributed by atoms with Crippen LogP contribution in [0.1, 0.15) is 32.8 Å². The molecule has 4 heteroatoms. The third kappa shape index (κ3) is 3.00. The summed E-state index contributed by atoms with van der Waals surface area (Å²) >= 11 is 0. The van der Waals surface area contributed by atoms with Crippen molar-refractivity contribution in [2.24, 2.45) is 5.92 Å². The van der Waals surface area contributed by atoms with Gasteiger partial charge < -0.3 is 10.6 Å². The second kappa shape index (κ2) is 5.64. The van der Waals surface area contributed by atoms with E-state index in [0.717, 1.165) is 24.2 Å². The Morgan fingerprint density at radius 1 is 1.40 bits per heavy atom. The summed E-state index contributed by atoms with van der Waals surface area (Å²) in [5, 5.41) is 15.2. The van der Waals surface area contributed by atoms with Crippen LogP contribution in [-0.2, 0) is 10.2 Å². The Hall–Kier alpha value is -1.86. The first-order valence-corrected chi connectivity index (χ1v) is 7.00. The highest BCUT2D eigenvalue weighted by atomic mass is 16.2. The second-order valence-electron chi connectivity index (χ2n) is 6.00. The van der Waals surface area contributed by atoms with E-state index in [1.54, 1.807) is 0 Å². The maximum absolute atomic E-state index is 12.1. The first-order chi connectivity index (χ1) is 9.44. The number of anilines is 1. The van der Waals surface area contributed by atoms with Gasteiger partial charge in [-0.15, -0.1) is 0 Å². The topological polar surface area (TPSA) is 64.9 Å². The smallest absolute Gasteiger partial charge is 0.241 e. The number of nitrogens with one attached hydrogen (secondary N) is 2. The van der Waals surface area contributed by atoms with Crippen LogP contribution in [0.5, 0.6) is 0 Å². The van der Waals surface area contributed by atoms with Gasteiger partial charge in [0.1, 0.15) is 0 Å². The summed E-state index contributed by atoms with van der Waals surface area (Å²) in [6, 6.07) is 9.66. The number of nitrogens with zero attached hydrogens (tertiary/aromatic N) is 1. The molecule has 0 aromatic heterocycles. The number of amides is 1. The maximum atomic E-state index is 12.1. The Balaban J connectivity index is 2.04. The van der Waals surface area contributed by atoms with E-state index < -0.39 is 5.41 Å². The lowest BCUT2D eigenvalue weighted by Crippen LogP contribution is -2.39. The van der Waals surface area contributed by atoms with Gasteiger partial charge in [0.05, 0.1) is 17.5 Å². The van der Waals surface area contributed by atoms with Crippen LogP contribution < -0.4 is 10.6 Å². The largest absolute Gasteiger partial charge is 0.325 e. The standard InChI is InChI=1S/C16H21N3O/c1-11-8-9-18-14(11)15(20)19-13-6-4-12(5-7-13)16(2,3)10-17/h4-7,11,14,18H,8-9H2,1-3H3,(H,19,20). The molecule has 1 aromatic rings. The van der Waals surface area contributed by atoms with E-state index in [1.165, 1.54) is 0 Å². The molecule has 1 aromatic carbocycles. The van der Waals surface area contributed by atoms with Crippen molar-refractivity contribution in [2.45, 2.75) is 38.6 Å². The molecule has 1 heterocycles. The first kappa shape index (κ1) is 14.5. The van der Waals surface area contributed by atoms with Crippen molar-refractivity contribution in [3.63, 3.8) is 0 Å². The monoisotopic (exact) mass is 271 g/mol. The van der Waals surface area contributed by atoms with E-state index in [1.807, 2.05) is 38.1 Å². The fraction of sp³-hybridized carbons (Fsp3) is 0.500. The van der Waals surface area contributed by atoms with Gasteiger partial charge in [0, 0.05) is 5.69 Å². The molecule has 106 valence electrons. The quantitative estimate of drug-likeness (QED) is 0.887. The van der Waals surface area contributed by atoms with Gasteiger partial charge in [-0.05, 0) is 50.4 Å². The highest BCUT2D eigenvalue weighted by Gasteiger charge is 2.29. The predicted octanol–water partition coefficient (Wildman–Crippen LogP) is 2.42. The van der Waals surface area contributed by atoms with Crippen molar-refractivity contribution in [3.8, 4) is 6.07 Å². The number of carbonyl (C=O) groups is 1. The molecule has 0 saturated carbocycles. The Morgan fingerprint density at radius 2 is 2.05 bits per heavy atom. The number of nitriles is 1. The predicted molar refractivity (Wildman–Crippen MR) is 79.3 cm³/mol. The summed E-state index contributed by atoms with van der Waals surface area (Å²) in [4.78, 5) is 12.1. The maximum Gasteiger partial charge on any atom is 0.241 e. The second-order valence-corrected chi connectivity index (χ2v) is 6.00. The minimum Gasteiger partial charge on any atom is -0.325 e. The Kier molecular flexibility index (Phi) is 4.10. The van der Waals surface area contributed by atoms with Gasteiger partial charge >= 0.3 is 0 Å². The van der Waals surface area contributed by atoms with E-state index in [9.17, 15) is 4.79 Å². The molecule has 0 aliphatic carbocycles. The lowest BCUT2D eigenvalue weighted by Gasteiger charge is -2.18. The van der Waals surface area contributed by atoms with Crippen LogP contribution in [-0.4, -0.2) is 18.5 Å². The molecule has 4 nitrogen and oxygen atoms in total. The molecule has 0 radical (unpaired) electrons. The average Bonchev–Trinajstić information content (AvgIpc) is 2.85. The zero-order valence-corrected chi connectivity index (χ0v) is 12.2. The summed E-state index contributed by atoms with van der Waals surface area (Å²) in [5.74, 6) is 0.383. The van der Waals surface area contributed by atoms with Crippen molar-refractivity contribution < 1.29 is 4.79 Å². The molecule has 2 rings (SSSR count). The number of hydrogen-bond acceptors (Lipinski definition) is 3. The average molecular weight is 271 g/mol. The van der Waals surface area contributed by atoms with Crippen LogP contribution in [0.3, 0.4) is 0 Å². The van der Waals surface area contributed by atoms with Gasteiger partial charge in [-0.1, -0.05) is 19.1 Å². The van der Waals surface area contributed by atoms with Crippen molar-refractivity contribution in [3.05, 3.63) is 29.8 Å². The van der Waals surface area contributed by atoms with Crippen LogP contribution in [0.4, 0.5) is 5.69 Å². The highest BCUT2D eigenvalue weighted by molar-refractivity contribution is 5.95. The molecule has 1 aliphatic rings. The molecular formula is C16H21N3O. The SMILES string of the molecule is CC1CCNC1C(=O)Nc1ccc(C(C)(C)C#N)cc1. The molecule has 2 unspecified atom stereocenters. The summed E-state index contributed by atoms with van der Waals surface area (Å²) in [6.45, 7) is 6.74. The van der Waals surface area contributed by atoms with E-state index in [0.29, 0.717) is 5.92 Å². The van der Waals surface area contributed by atoms with Crippen LogP contribution >= 0.6 is 0 Å². The molecule has 1 aliphatic heterocycles. The lowest BCUT2D eigenvalue weighted by atomic mass is 9.86. The summed E-state index contributed by atoms with van der Waals surface area (Å²) < 4.78 is 0. The fourth-order valence-corrected chi connectivity index (χ4v) is 2.44. The van der Waals surface area contributed by atoms with E-state index in [4.69, 9.17) is 5.26 Å². The van der Waals surface area contributed by atoms with Crippen molar-refractivity contribution in [2.75, 3.05) is 11.9 Å². The molecule has 2 atom stereocenters. The Morgan fingerprint density at radius 3 is 2.55 bits per heavy atom. The van der Waals surface area contributed by atoms with Crippen LogP contribution in [0, 0.1) is 17.2 Å². The fourth-order valence-electron chi connectivity index (χ4n) is 2.44. The molecular weight excluding hydrogens is 250 g/mol. The molecule has 2 N–H and O–H groups in total. The van der Waals surface area contributed by atoms with Gasteiger partial charge in [-0.25, -0.2) is 0 Å². The van der Waals surface area contributed by atoms with Gasteiger partial charge in [0.25, 0.3) is 0 Å². The number of hydrogen-bond donors (Lipinski definition) is 2. The van der Waals surface area contributed by atoms with E-state index >= 15 is 0 Å². The molecule has 1 fully saturated rings. The third-order valence-electron chi connectivity index (χ3n) is 3.97. The molecule has 1 amide bonds. The number of benzene rings is 1. The molecule has 1 saturated heterocycles. The van der Waals surface area contributed by atoms with Crippen molar-refractivity contribution >= 4 is 11.6 Å². The van der Waals surface area contributed by atoms with Gasteiger partial charge in [0.2, 0.25) is 5.91 Å². The minimum absolute atomic E-state index is 0.0160. The number of rotatable bonds is 3. The Bertz CT molecular complexity index is 528. The number of carbonyl (C=O) groups excluding carboxylic acids is 1. The minimum atomic E-state index is -0.510. The van der Waals surface area contributed by atoms with Crippen LogP contribution in [0.15, 0.2) is 24.3 Å². The molecule has 0 bridgehead atoms. The highest BCUT2D eigenvalue weighted by Crippen LogP contribution is 2.24. The van der Waals surface area contributed by atoms with Gasteiger partial charge in [-0.3, -0.25) is 4.79 Å². The van der Waals surface area contributed by atoms with Crippen molar-refractivity contribution in [1.82, 2.24) is 5.32 Å². The van der Waals surface area contributed by atoms with Crippen molar-refractivity contribution in [1.29, 1.82) is 5.26 Å². The summed E-state index contributed by atoms with van der Waals surface area (Å²) in [7, 11) is 0. The van der Waals surface area contributed by atoms with Gasteiger partial charge in [-0.2, -0.15) is 5.26 Å². The normalized spacial score (nSPS) is 22.3. The van der Waals surface area contributed by atoms with E-state index in [-0.39, 0.29) is 11.9 Å².